The third-order valence-corrected chi connectivity index (χ3v) is 4.99. The van der Waals surface area contributed by atoms with Gasteiger partial charge in [-0.3, -0.25) is 0 Å². The Labute approximate surface area is 170 Å². The van der Waals surface area contributed by atoms with Gasteiger partial charge in [0.25, 0.3) is 0 Å². The minimum atomic E-state index is 0.554. The maximum absolute atomic E-state index is 5.70. The molecule has 0 amide bonds. The van der Waals surface area contributed by atoms with Gasteiger partial charge in [0.1, 0.15) is 19.0 Å². The van der Waals surface area contributed by atoms with E-state index >= 15 is 0 Å². The SMILES string of the molecule is Brc1ccc2nc(-c3ccccc3)nc(Nc3ccc4c(c3)OCCO4)c2c1. The van der Waals surface area contributed by atoms with Crippen LogP contribution in [0, 0.1) is 0 Å². The van der Waals surface area contributed by atoms with E-state index in [0.29, 0.717) is 19.0 Å². The lowest BCUT2D eigenvalue weighted by atomic mass is 10.1. The molecular formula is C22H16BrN3O2. The van der Waals surface area contributed by atoms with E-state index in [1.165, 1.54) is 0 Å². The molecule has 0 saturated heterocycles. The van der Waals surface area contributed by atoms with Gasteiger partial charge >= 0.3 is 0 Å². The van der Waals surface area contributed by atoms with E-state index in [0.717, 1.165) is 43.9 Å². The molecular weight excluding hydrogens is 418 g/mol. The number of anilines is 2. The minimum absolute atomic E-state index is 0.554. The van der Waals surface area contributed by atoms with Crippen LogP contribution in [0.5, 0.6) is 11.5 Å². The molecule has 5 rings (SSSR count). The zero-order valence-corrected chi connectivity index (χ0v) is 16.4. The number of rotatable bonds is 3. The summed E-state index contributed by atoms with van der Waals surface area (Å²) in [4.78, 5) is 9.55. The number of fused-ring (bicyclic) bond motifs is 2. The van der Waals surface area contributed by atoms with Crippen molar-refractivity contribution < 1.29 is 9.47 Å². The van der Waals surface area contributed by atoms with Crippen molar-refractivity contribution in [3.8, 4) is 22.9 Å². The van der Waals surface area contributed by atoms with Crippen LogP contribution in [0.1, 0.15) is 0 Å². The molecule has 0 aliphatic carbocycles. The Balaban J connectivity index is 1.62. The number of aromatic nitrogens is 2. The van der Waals surface area contributed by atoms with Gasteiger partial charge < -0.3 is 14.8 Å². The molecule has 6 heteroatoms. The number of halogens is 1. The molecule has 0 spiro atoms. The molecule has 1 aromatic heterocycles. The molecule has 28 heavy (non-hydrogen) atoms. The van der Waals surface area contributed by atoms with Gasteiger partial charge in [-0.2, -0.15) is 0 Å². The lowest BCUT2D eigenvalue weighted by molar-refractivity contribution is 0.171. The Bertz CT molecular complexity index is 1170. The molecule has 0 saturated carbocycles. The summed E-state index contributed by atoms with van der Waals surface area (Å²) in [6, 6.07) is 21.8. The topological polar surface area (TPSA) is 56.3 Å². The summed E-state index contributed by atoms with van der Waals surface area (Å²) in [6.07, 6.45) is 0. The summed E-state index contributed by atoms with van der Waals surface area (Å²) >= 11 is 3.54. The van der Waals surface area contributed by atoms with Crippen molar-refractivity contribution in [1.29, 1.82) is 0 Å². The Morgan fingerprint density at radius 1 is 0.821 bits per heavy atom. The van der Waals surface area contributed by atoms with Crippen LogP contribution in [-0.2, 0) is 0 Å². The van der Waals surface area contributed by atoms with Crippen LogP contribution in [0.25, 0.3) is 22.3 Å². The summed E-state index contributed by atoms with van der Waals surface area (Å²) in [6.45, 7) is 1.13. The molecule has 138 valence electrons. The second kappa shape index (κ2) is 7.13. The van der Waals surface area contributed by atoms with E-state index in [4.69, 9.17) is 19.4 Å². The van der Waals surface area contributed by atoms with Crippen molar-refractivity contribution >= 4 is 38.3 Å². The number of nitrogens with zero attached hydrogens (tertiary/aromatic N) is 2. The average Bonchev–Trinajstić information content (AvgIpc) is 2.74. The maximum atomic E-state index is 5.70. The largest absolute Gasteiger partial charge is 0.486 e. The first-order chi connectivity index (χ1) is 13.8. The number of hydrogen-bond acceptors (Lipinski definition) is 5. The lowest BCUT2D eigenvalue weighted by Crippen LogP contribution is -2.15. The third-order valence-electron chi connectivity index (χ3n) is 4.49. The molecule has 2 heterocycles. The summed E-state index contributed by atoms with van der Waals surface area (Å²) in [7, 11) is 0. The van der Waals surface area contributed by atoms with Crippen LogP contribution in [0.15, 0.2) is 71.2 Å². The first-order valence-electron chi connectivity index (χ1n) is 8.96. The van der Waals surface area contributed by atoms with Gasteiger partial charge in [0.2, 0.25) is 0 Å². The predicted molar refractivity (Wildman–Crippen MR) is 113 cm³/mol. The lowest BCUT2D eigenvalue weighted by Gasteiger charge is -2.19. The standard InChI is InChI=1S/C22H16BrN3O2/c23-15-6-8-18-17(12-15)22(26-21(25-18)14-4-2-1-3-5-14)24-16-7-9-19-20(13-16)28-11-10-27-19/h1-9,12-13H,10-11H2,(H,24,25,26). The smallest absolute Gasteiger partial charge is 0.163 e. The van der Waals surface area contributed by atoms with Gasteiger partial charge in [-0.15, -0.1) is 0 Å². The van der Waals surface area contributed by atoms with Crippen molar-refractivity contribution in [3.63, 3.8) is 0 Å². The van der Waals surface area contributed by atoms with Gasteiger partial charge in [-0.05, 0) is 30.3 Å². The van der Waals surface area contributed by atoms with Crippen molar-refractivity contribution in [1.82, 2.24) is 9.97 Å². The summed E-state index contributed by atoms with van der Waals surface area (Å²) < 4.78 is 12.3. The van der Waals surface area contributed by atoms with E-state index in [1.54, 1.807) is 0 Å². The van der Waals surface area contributed by atoms with E-state index in [1.807, 2.05) is 66.7 Å². The molecule has 0 fully saturated rings. The first-order valence-corrected chi connectivity index (χ1v) is 9.75. The molecule has 4 aromatic rings. The summed E-state index contributed by atoms with van der Waals surface area (Å²) in [5, 5.41) is 4.36. The molecule has 1 aliphatic rings. The van der Waals surface area contributed by atoms with Crippen LogP contribution in [0.3, 0.4) is 0 Å². The summed E-state index contributed by atoms with van der Waals surface area (Å²) in [5.41, 5.74) is 2.72. The zero-order valence-electron chi connectivity index (χ0n) is 14.9. The van der Waals surface area contributed by atoms with Gasteiger partial charge in [0, 0.05) is 27.2 Å². The fourth-order valence-corrected chi connectivity index (χ4v) is 3.53. The van der Waals surface area contributed by atoms with Gasteiger partial charge in [-0.25, -0.2) is 9.97 Å². The van der Waals surface area contributed by atoms with Gasteiger partial charge in [0.15, 0.2) is 17.3 Å². The molecule has 5 nitrogen and oxygen atoms in total. The van der Waals surface area contributed by atoms with Crippen LogP contribution in [0.2, 0.25) is 0 Å². The van der Waals surface area contributed by atoms with Crippen LogP contribution in [-0.4, -0.2) is 23.2 Å². The fourth-order valence-electron chi connectivity index (χ4n) is 3.17. The highest BCUT2D eigenvalue weighted by molar-refractivity contribution is 9.10. The maximum Gasteiger partial charge on any atom is 0.163 e. The average molecular weight is 434 g/mol. The molecule has 1 N–H and O–H groups in total. The van der Waals surface area contributed by atoms with Gasteiger partial charge in [0.05, 0.1) is 5.52 Å². The number of benzene rings is 3. The van der Waals surface area contributed by atoms with E-state index in [2.05, 4.69) is 21.2 Å². The minimum Gasteiger partial charge on any atom is -0.486 e. The van der Waals surface area contributed by atoms with Crippen molar-refractivity contribution in [2.75, 3.05) is 18.5 Å². The number of nitrogens with one attached hydrogen (secondary N) is 1. The molecule has 0 atom stereocenters. The van der Waals surface area contributed by atoms with Crippen molar-refractivity contribution in [2.24, 2.45) is 0 Å². The van der Waals surface area contributed by atoms with E-state index < -0.39 is 0 Å². The zero-order chi connectivity index (χ0) is 18.9. The van der Waals surface area contributed by atoms with E-state index in [-0.39, 0.29) is 0 Å². The summed E-state index contributed by atoms with van der Waals surface area (Å²) in [5.74, 6) is 2.91. The number of hydrogen-bond donors (Lipinski definition) is 1. The normalized spacial score (nSPS) is 12.8. The molecule has 0 bridgehead atoms. The van der Waals surface area contributed by atoms with Crippen LogP contribution >= 0.6 is 15.9 Å². The predicted octanol–water partition coefficient (Wildman–Crippen LogP) is 5.57. The second-order valence-corrected chi connectivity index (χ2v) is 7.32. The monoisotopic (exact) mass is 433 g/mol. The highest BCUT2D eigenvalue weighted by Gasteiger charge is 2.14. The van der Waals surface area contributed by atoms with E-state index in [9.17, 15) is 0 Å². The molecule has 0 radical (unpaired) electrons. The van der Waals surface area contributed by atoms with Crippen molar-refractivity contribution in [3.05, 3.63) is 71.2 Å². The van der Waals surface area contributed by atoms with Gasteiger partial charge in [-0.1, -0.05) is 46.3 Å². The number of ether oxygens (including phenoxy) is 2. The van der Waals surface area contributed by atoms with Crippen LogP contribution in [0.4, 0.5) is 11.5 Å². The molecule has 3 aromatic carbocycles. The Kier molecular flexibility index (Phi) is 4.33. The Morgan fingerprint density at radius 3 is 2.50 bits per heavy atom. The quantitative estimate of drug-likeness (QED) is 0.457. The van der Waals surface area contributed by atoms with Crippen molar-refractivity contribution in [2.45, 2.75) is 0 Å². The fraction of sp³-hybridized carbons (Fsp3) is 0.0909. The second-order valence-electron chi connectivity index (χ2n) is 6.41. The Morgan fingerprint density at radius 2 is 1.64 bits per heavy atom. The van der Waals surface area contributed by atoms with Crippen LogP contribution < -0.4 is 14.8 Å². The molecule has 1 aliphatic heterocycles. The Hall–Kier alpha value is -3.12. The highest BCUT2D eigenvalue weighted by atomic mass is 79.9. The highest BCUT2D eigenvalue weighted by Crippen LogP contribution is 2.35. The molecule has 0 unspecified atom stereocenters. The third kappa shape index (κ3) is 3.27. The first kappa shape index (κ1) is 17.0.